The lowest BCUT2D eigenvalue weighted by molar-refractivity contribution is -0.132. The highest BCUT2D eigenvalue weighted by Crippen LogP contribution is 2.40. The molecule has 2 N–H and O–H groups in total. The van der Waals surface area contributed by atoms with Crippen LogP contribution in [0.5, 0.6) is 0 Å². The number of benzene rings is 2. The van der Waals surface area contributed by atoms with E-state index in [1.165, 1.54) is 6.08 Å². The Bertz CT molecular complexity index is 1180. The molecule has 0 aromatic heterocycles. The van der Waals surface area contributed by atoms with Crippen LogP contribution in [0.15, 0.2) is 49.1 Å². The standard InChI is InChI=1S/C20H18N4O4S/c1-2-18(25)23-10-14(11-23)24-9-13-7-6-12(8-16(13)20(24)26)15-4-3-5-17-19(15)22-29(27,28)21-17/h2-8,14,21-22H,1,9-11H2. The number of likely N-dealkylation sites (tertiary alicyclic amines) is 1. The SMILES string of the molecule is C=CC(=O)N1CC(N2Cc3ccc(-c4cccc5c4NS(=O)(=O)N5)cc3C2=O)C1. The van der Waals surface area contributed by atoms with Gasteiger partial charge in [-0.25, -0.2) is 0 Å². The van der Waals surface area contributed by atoms with Gasteiger partial charge in [-0.1, -0.05) is 30.8 Å². The van der Waals surface area contributed by atoms with Gasteiger partial charge in [0.1, 0.15) is 0 Å². The van der Waals surface area contributed by atoms with E-state index in [0.29, 0.717) is 42.1 Å². The molecule has 0 bridgehead atoms. The van der Waals surface area contributed by atoms with Crippen molar-refractivity contribution in [1.82, 2.24) is 9.80 Å². The molecule has 1 fully saturated rings. The zero-order chi connectivity index (χ0) is 20.3. The Morgan fingerprint density at radius 2 is 1.93 bits per heavy atom. The maximum Gasteiger partial charge on any atom is 0.321 e. The van der Waals surface area contributed by atoms with Crippen LogP contribution in [0.2, 0.25) is 0 Å². The second-order valence-corrected chi connectivity index (χ2v) is 8.76. The molecular weight excluding hydrogens is 392 g/mol. The summed E-state index contributed by atoms with van der Waals surface area (Å²) >= 11 is 0. The first-order chi connectivity index (χ1) is 13.9. The first kappa shape index (κ1) is 17.7. The minimum Gasteiger partial charge on any atom is -0.335 e. The summed E-state index contributed by atoms with van der Waals surface area (Å²) in [5, 5.41) is 0. The van der Waals surface area contributed by atoms with Gasteiger partial charge in [-0.3, -0.25) is 19.0 Å². The minimum absolute atomic E-state index is 0.000711. The van der Waals surface area contributed by atoms with Crippen molar-refractivity contribution in [3.05, 3.63) is 60.2 Å². The fourth-order valence-corrected chi connectivity index (χ4v) is 5.04. The van der Waals surface area contributed by atoms with Gasteiger partial charge >= 0.3 is 10.2 Å². The molecule has 0 saturated carbocycles. The number of carbonyl (C=O) groups excluding carboxylic acids is 2. The number of hydrogen-bond donors (Lipinski definition) is 2. The third-order valence-electron chi connectivity index (χ3n) is 5.59. The molecule has 29 heavy (non-hydrogen) atoms. The molecular formula is C20H18N4O4S. The number of anilines is 2. The summed E-state index contributed by atoms with van der Waals surface area (Å²) in [6, 6.07) is 10.9. The van der Waals surface area contributed by atoms with Crippen LogP contribution in [0.25, 0.3) is 11.1 Å². The van der Waals surface area contributed by atoms with Crippen LogP contribution in [0, 0.1) is 0 Å². The van der Waals surface area contributed by atoms with Crippen molar-refractivity contribution in [1.29, 1.82) is 0 Å². The van der Waals surface area contributed by atoms with Crippen molar-refractivity contribution in [2.45, 2.75) is 12.6 Å². The van der Waals surface area contributed by atoms with Gasteiger partial charge in [-0.05, 0) is 29.3 Å². The molecule has 0 atom stereocenters. The first-order valence-corrected chi connectivity index (χ1v) is 10.6. The van der Waals surface area contributed by atoms with E-state index < -0.39 is 10.2 Å². The summed E-state index contributed by atoms with van der Waals surface area (Å²) in [6.45, 7) is 5.02. The third kappa shape index (κ3) is 2.77. The second kappa shape index (κ2) is 6.08. The van der Waals surface area contributed by atoms with E-state index in [1.807, 2.05) is 24.3 Å². The molecule has 0 spiro atoms. The Kier molecular flexibility index (Phi) is 3.72. The number of rotatable bonds is 3. The van der Waals surface area contributed by atoms with E-state index in [1.54, 1.807) is 21.9 Å². The number of nitrogens with one attached hydrogen (secondary N) is 2. The fraction of sp³-hybridized carbons (Fsp3) is 0.200. The molecule has 3 aliphatic rings. The average Bonchev–Trinajstić information content (AvgIpc) is 3.15. The summed E-state index contributed by atoms with van der Waals surface area (Å²) in [5.74, 6) is -0.189. The normalized spacial score (nSPS) is 19.1. The lowest BCUT2D eigenvalue weighted by atomic mass is 9.98. The molecule has 2 aromatic rings. The predicted molar refractivity (Wildman–Crippen MR) is 108 cm³/mol. The summed E-state index contributed by atoms with van der Waals surface area (Å²) < 4.78 is 28.6. The summed E-state index contributed by atoms with van der Waals surface area (Å²) in [4.78, 5) is 28.1. The molecule has 5 rings (SSSR count). The molecule has 3 heterocycles. The monoisotopic (exact) mass is 410 g/mol. The zero-order valence-electron chi connectivity index (χ0n) is 15.4. The second-order valence-electron chi connectivity index (χ2n) is 7.34. The summed E-state index contributed by atoms with van der Waals surface area (Å²) in [5.41, 5.74) is 3.97. The minimum atomic E-state index is -3.60. The molecule has 1 saturated heterocycles. The molecule has 2 aromatic carbocycles. The molecule has 0 aliphatic carbocycles. The largest absolute Gasteiger partial charge is 0.335 e. The Hall–Kier alpha value is -3.33. The lowest BCUT2D eigenvalue weighted by Crippen LogP contribution is -2.60. The van der Waals surface area contributed by atoms with Gasteiger partial charge in [0.15, 0.2) is 0 Å². The van der Waals surface area contributed by atoms with Gasteiger partial charge < -0.3 is 9.80 Å². The highest BCUT2D eigenvalue weighted by atomic mass is 32.2. The lowest BCUT2D eigenvalue weighted by Gasteiger charge is -2.43. The highest BCUT2D eigenvalue weighted by molar-refractivity contribution is 7.94. The van der Waals surface area contributed by atoms with Crippen molar-refractivity contribution in [2.75, 3.05) is 22.5 Å². The summed E-state index contributed by atoms with van der Waals surface area (Å²) in [6.07, 6.45) is 1.28. The maximum atomic E-state index is 13.0. The number of para-hydroxylation sites is 1. The Labute approximate surface area is 168 Å². The quantitative estimate of drug-likeness (QED) is 0.754. The molecule has 0 unspecified atom stereocenters. The first-order valence-electron chi connectivity index (χ1n) is 9.15. The molecule has 2 amide bonds. The van der Waals surface area contributed by atoms with Gasteiger partial charge in [-0.15, -0.1) is 0 Å². The van der Waals surface area contributed by atoms with Gasteiger partial charge in [0.2, 0.25) is 5.91 Å². The van der Waals surface area contributed by atoms with Crippen LogP contribution in [-0.2, 0) is 21.5 Å². The van der Waals surface area contributed by atoms with Gasteiger partial charge in [0, 0.05) is 30.8 Å². The van der Waals surface area contributed by atoms with Gasteiger partial charge in [0.05, 0.1) is 17.4 Å². The van der Waals surface area contributed by atoms with E-state index in [9.17, 15) is 18.0 Å². The van der Waals surface area contributed by atoms with E-state index in [2.05, 4.69) is 16.0 Å². The Morgan fingerprint density at radius 3 is 2.69 bits per heavy atom. The van der Waals surface area contributed by atoms with Crippen LogP contribution in [0.3, 0.4) is 0 Å². The maximum absolute atomic E-state index is 13.0. The molecule has 0 radical (unpaired) electrons. The topological polar surface area (TPSA) is 98.8 Å². The Morgan fingerprint density at radius 1 is 1.14 bits per heavy atom. The van der Waals surface area contributed by atoms with Crippen molar-refractivity contribution < 1.29 is 18.0 Å². The van der Waals surface area contributed by atoms with Crippen LogP contribution >= 0.6 is 0 Å². The summed E-state index contributed by atoms with van der Waals surface area (Å²) in [7, 11) is -3.60. The predicted octanol–water partition coefficient (Wildman–Crippen LogP) is 1.79. The molecule has 9 heteroatoms. The van der Waals surface area contributed by atoms with E-state index >= 15 is 0 Å². The van der Waals surface area contributed by atoms with Crippen LogP contribution in [-0.4, -0.2) is 49.2 Å². The number of nitrogens with zero attached hydrogens (tertiary/aromatic N) is 2. The highest BCUT2D eigenvalue weighted by Gasteiger charge is 2.40. The number of carbonyl (C=O) groups is 2. The van der Waals surface area contributed by atoms with Gasteiger partial charge in [-0.2, -0.15) is 8.42 Å². The van der Waals surface area contributed by atoms with Gasteiger partial charge in [0.25, 0.3) is 5.91 Å². The smallest absolute Gasteiger partial charge is 0.321 e. The molecule has 8 nitrogen and oxygen atoms in total. The Balaban J connectivity index is 1.42. The molecule has 148 valence electrons. The van der Waals surface area contributed by atoms with E-state index in [4.69, 9.17) is 0 Å². The van der Waals surface area contributed by atoms with Crippen LogP contribution in [0.4, 0.5) is 11.4 Å². The molecule has 3 aliphatic heterocycles. The van der Waals surface area contributed by atoms with E-state index in [0.717, 1.165) is 11.1 Å². The van der Waals surface area contributed by atoms with Crippen molar-refractivity contribution >= 4 is 33.4 Å². The van der Waals surface area contributed by atoms with Crippen LogP contribution < -0.4 is 9.44 Å². The van der Waals surface area contributed by atoms with Crippen molar-refractivity contribution in [3.63, 3.8) is 0 Å². The van der Waals surface area contributed by atoms with Crippen LogP contribution in [0.1, 0.15) is 15.9 Å². The number of fused-ring (bicyclic) bond motifs is 2. The number of amides is 2. The van der Waals surface area contributed by atoms with Crippen molar-refractivity contribution in [2.24, 2.45) is 0 Å². The third-order valence-corrected chi connectivity index (χ3v) is 6.55. The number of hydrogen-bond acceptors (Lipinski definition) is 4. The fourth-order valence-electron chi connectivity index (χ4n) is 4.04. The van der Waals surface area contributed by atoms with Crippen molar-refractivity contribution in [3.8, 4) is 11.1 Å². The zero-order valence-corrected chi connectivity index (χ0v) is 16.2. The van der Waals surface area contributed by atoms with E-state index in [-0.39, 0.29) is 17.9 Å². The average molecular weight is 410 g/mol.